The summed E-state index contributed by atoms with van der Waals surface area (Å²) in [4.78, 5) is 26.5. The Balaban J connectivity index is 1.31. The molecule has 158 valence electrons. The number of carbonyl (C=O) groups is 1. The van der Waals surface area contributed by atoms with Crippen molar-refractivity contribution in [2.45, 2.75) is 12.8 Å². The summed E-state index contributed by atoms with van der Waals surface area (Å²) in [5.41, 5.74) is 1.97. The van der Waals surface area contributed by atoms with Crippen LogP contribution in [0, 0.1) is 0 Å². The fraction of sp³-hybridized carbons (Fsp3) is 0.350. The number of pyridine rings is 1. The number of rotatable bonds is 5. The number of alkyl halides is 3. The second kappa shape index (κ2) is 8.57. The molecule has 1 aliphatic heterocycles. The number of hydrogen-bond acceptors (Lipinski definition) is 6. The summed E-state index contributed by atoms with van der Waals surface area (Å²) >= 11 is 1.54. The maximum Gasteiger partial charge on any atom is 0.411 e. The lowest BCUT2D eigenvalue weighted by atomic mass is 10.1. The third kappa shape index (κ3) is 4.88. The van der Waals surface area contributed by atoms with E-state index in [0.29, 0.717) is 37.3 Å². The van der Waals surface area contributed by atoms with E-state index in [1.54, 1.807) is 35.4 Å². The van der Waals surface area contributed by atoms with Crippen LogP contribution in [0.3, 0.4) is 0 Å². The largest absolute Gasteiger partial charge is 0.411 e. The van der Waals surface area contributed by atoms with Gasteiger partial charge in [-0.15, -0.1) is 0 Å². The van der Waals surface area contributed by atoms with Gasteiger partial charge in [-0.25, -0.2) is 9.97 Å². The van der Waals surface area contributed by atoms with E-state index in [9.17, 15) is 18.0 Å². The highest BCUT2D eigenvalue weighted by atomic mass is 32.1. The van der Waals surface area contributed by atoms with E-state index in [2.05, 4.69) is 19.6 Å². The molecule has 0 saturated carbocycles. The second-order valence-corrected chi connectivity index (χ2v) is 7.86. The Hall–Kier alpha value is -2.72. The number of benzene rings is 1. The van der Waals surface area contributed by atoms with Gasteiger partial charge in [0.15, 0.2) is 5.13 Å². The third-order valence-electron chi connectivity index (χ3n) is 4.73. The lowest BCUT2D eigenvalue weighted by molar-refractivity contribution is -0.176. The summed E-state index contributed by atoms with van der Waals surface area (Å²) in [6.07, 6.45) is -2.60. The second-order valence-electron chi connectivity index (χ2n) is 6.91. The predicted molar refractivity (Wildman–Crippen MR) is 108 cm³/mol. The van der Waals surface area contributed by atoms with Gasteiger partial charge in [-0.05, 0) is 29.8 Å². The number of thiazole rings is 1. The number of halogens is 3. The first kappa shape index (κ1) is 20.5. The summed E-state index contributed by atoms with van der Waals surface area (Å²) in [5.74, 6) is -0.0941. The highest BCUT2D eigenvalue weighted by molar-refractivity contribution is 7.21. The van der Waals surface area contributed by atoms with Crippen molar-refractivity contribution in [1.82, 2.24) is 14.9 Å². The Morgan fingerprint density at radius 1 is 1.10 bits per heavy atom. The Morgan fingerprint density at radius 3 is 2.50 bits per heavy atom. The predicted octanol–water partition coefficient (Wildman–Crippen LogP) is 3.73. The van der Waals surface area contributed by atoms with Crippen molar-refractivity contribution in [2.24, 2.45) is 0 Å². The zero-order valence-electron chi connectivity index (χ0n) is 15.9. The summed E-state index contributed by atoms with van der Waals surface area (Å²) in [6, 6.07) is 10.3. The number of piperazine rings is 1. The first-order chi connectivity index (χ1) is 14.4. The molecule has 0 unspecified atom stereocenters. The van der Waals surface area contributed by atoms with E-state index in [4.69, 9.17) is 0 Å². The molecule has 0 radical (unpaired) electrons. The summed E-state index contributed by atoms with van der Waals surface area (Å²) in [5, 5.41) is 0.902. The molecule has 3 aromatic rings. The van der Waals surface area contributed by atoms with Gasteiger partial charge >= 0.3 is 6.18 Å². The summed E-state index contributed by atoms with van der Waals surface area (Å²) in [7, 11) is 0. The molecule has 1 aromatic carbocycles. The van der Waals surface area contributed by atoms with Gasteiger partial charge in [-0.2, -0.15) is 13.2 Å². The number of aromatic nitrogens is 2. The molecule has 0 spiro atoms. The minimum atomic E-state index is -4.35. The zero-order chi connectivity index (χ0) is 21.1. The van der Waals surface area contributed by atoms with Crippen LogP contribution in [0.5, 0.6) is 0 Å². The molecular formula is C20H19F3N4O2S. The maximum absolute atomic E-state index is 12.7. The van der Waals surface area contributed by atoms with Gasteiger partial charge in [0.2, 0.25) is 0 Å². The summed E-state index contributed by atoms with van der Waals surface area (Å²) in [6.45, 7) is 1.05. The van der Waals surface area contributed by atoms with Gasteiger partial charge in [-0.3, -0.25) is 4.79 Å². The van der Waals surface area contributed by atoms with Crippen LogP contribution in [0.1, 0.15) is 15.9 Å². The van der Waals surface area contributed by atoms with E-state index in [1.807, 2.05) is 12.1 Å². The van der Waals surface area contributed by atoms with Gasteiger partial charge in [0.1, 0.15) is 17.0 Å². The van der Waals surface area contributed by atoms with Crippen LogP contribution in [-0.4, -0.2) is 59.7 Å². The zero-order valence-corrected chi connectivity index (χ0v) is 16.7. The molecule has 30 heavy (non-hydrogen) atoms. The van der Waals surface area contributed by atoms with Crippen molar-refractivity contribution in [1.29, 1.82) is 0 Å². The molecule has 1 amide bonds. The number of hydrogen-bond donors (Lipinski definition) is 0. The molecule has 3 heterocycles. The summed E-state index contributed by atoms with van der Waals surface area (Å²) < 4.78 is 41.1. The quantitative estimate of drug-likeness (QED) is 0.610. The van der Waals surface area contributed by atoms with Gasteiger partial charge in [0, 0.05) is 37.9 Å². The SMILES string of the molecule is O=C(c1ccc(COCC(F)(F)F)cc1)N1CCN(c2nc3cccnc3s2)CC1. The number of nitrogens with zero attached hydrogens (tertiary/aromatic N) is 4. The van der Waals surface area contributed by atoms with E-state index < -0.39 is 12.8 Å². The van der Waals surface area contributed by atoms with Crippen molar-refractivity contribution >= 4 is 32.7 Å². The van der Waals surface area contributed by atoms with Crippen molar-refractivity contribution in [2.75, 3.05) is 37.7 Å². The monoisotopic (exact) mass is 436 g/mol. The van der Waals surface area contributed by atoms with Crippen LogP contribution in [0.15, 0.2) is 42.6 Å². The molecular weight excluding hydrogens is 417 g/mol. The molecule has 0 atom stereocenters. The average molecular weight is 436 g/mol. The van der Waals surface area contributed by atoms with E-state index in [0.717, 1.165) is 15.5 Å². The minimum Gasteiger partial charge on any atom is -0.367 e. The Kier molecular flexibility index (Phi) is 5.87. The highest BCUT2D eigenvalue weighted by Crippen LogP contribution is 2.27. The van der Waals surface area contributed by atoms with Crippen LogP contribution in [-0.2, 0) is 11.3 Å². The normalized spacial score (nSPS) is 15.0. The number of anilines is 1. The third-order valence-corrected chi connectivity index (χ3v) is 5.77. The Labute approximate surface area is 174 Å². The number of carbonyl (C=O) groups excluding carboxylic acids is 1. The molecule has 1 saturated heterocycles. The number of ether oxygens (including phenoxy) is 1. The fourth-order valence-electron chi connectivity index (χ4n) is 3.21. The van der Waals surface area contributed by atoms with E-state index in [1.165, 1.54) is 11.3 Å². The van der Waals surface area contributed by atoms with Gasteiger partial charge < -0.3 is 14.5 Å². The standard InChI is InChI=1S/C20H19F3N4O2S/c21-20(22,23)13-29-12-14-3-5-15(6-4-14)18(28)26-8-10-27(11-9-26)19-25-16-2-1-7-24-17(16)30-19/h1-7H,8-13H2. The van der Waals surface area contributed by atoms with Gasteiger partial charge in [0.05, 0.1) is 6.61 Å². The fourth-order valence-corrected chi connectivity index (χ4v) is 4.17. The van der Waals surface area contributed by atoms with Crippen LogP contribution >= 0.6 is 11.3 Å². The first-order valence-corrected chi connectivity index (χ1v) is 10.2. The van der Waals surface area contributed by atoms with Crippen molar-refractivity contribution < 1.29 is 22.7 Å². The van der Waals surface area contributed by atoms with Crippen molar-refractivity contribution in [3.05, 3.63) is 53.7 Å². The molecule has 0 bridgehead atoms. The number of fused-ring (bicyclic) bond motifs is 1. The first-order valence-electron chi connectivity index (χ1n) is 9.38. The Bertz CT molecular complexity index is 982. The lowest BCUT2D eigenvalue weighted by Crippen LogP contribution is -2.48. The van der Waals surface area contributed by atoms with Crippen LogP contribution in [0.2, 0.25) is 0 Å². The van der Waals surface area contributed by atoms with Crippen LogP contribution < -0.4 is 4.90 Å². The van der Waals surface area contributed by atoms with Gasteiger partial charge in [0.25, 0.3) is 5.91 Å². The average Bonchev–Trinajstić information content (AvgIpc) is 3.17. The Morgan fingerprint density at radius 2 is 1.83 bits per heavy atom. The smallest absolute Gasteiger partial charge is 0.367 e. The molecule has 10 heteroatoms. The molecule has 1 aliphatic rings. The lowest BCUT2D eigenvalue weighted by Gasteiger charge is -2.34. The maximum atomic E-state index is 12.7. The van der Waals surface area contributed by atoms with Crippen molar-refractivity contribution in [3.63, 3.8) is 0 Å². The highest BCUT2D eigenvalue weighted by Gasteiger charge is 2.27. The molecule has 6 nitrogen and oxygen atoms in total. The van der Waals surface area contributed by atoms with Crippen molar-refractivity contribution in [3.8, 4) is 0 Å². The molecule has 0 aliphatic carbocycles. The minimum absolute atomic E-state index is 0.0941. The molecule has 4 rings (SSSR count). The van der Waals surface area contributed by atoms with E-state index >= 15 is 0 Å². The molecule has 0 N–H and O–H groups in total. The topological polar surface area (TPSA) is 58.6 Å². The van der Waals surface area contributed by atoms with E-state index in [-0.39, 0.29) is 12.5 Å². The van der Waals surface area contributed by atoms with Crippen LogP contribution in [0.25, 0.3) is 10.3 Å². The molecule has 2 aromatic heterocycles. The molecule has 1 fully saturated rings. The number of amides is 1. The van der Waals surface area contributed by atoms with Gasteiger partial charge in [-0.1, -0.05) is 23.5 Å². The van der Waals surface area contributed by atoms with Crippen LogP contribution in [0.4, 0.5) is 18.3 Å².